The molecule has 2 unspecified atom stereocenters. The van der Waals surface area contributed by atoms with E-state index in [1.165, 1.54) is 0 Å². The van der Waals surface area contributed by atoms with Crippen LogP contribution in [0.25, 0.3) is 0 Å². The number of unbranched alkanes of at least 4 members (excludes halogenated alkanes) is 1. The average Bonchev–Trinajstić information content (AvgIpc) is 2.38. The van der Waals surface area contributed by atoms with Gasteiger partial charge < -0.3 is 32.4 Å². The molecule has 0 aromatic heterocycles. The van der Waals surface area contributed by atoms with Gasteiger partial charge in [0.2, 0.25) is 0 Å². The summed E-state index contributed by atoms with van der Waals surface area (Å²) < 4.78 is 5.02. The first-order valence-electron chi connectivity index (χ1n) is 5.85. The van der Waals surface area contributed by atoms with Gasteiger partial charge in [-0.3, -0.25) is 0 Å². The third kappa shape index (κ3) is 21.0. The Bertz CT molecular complexity index is 221. The summed E-state index contributed by atoms with van der Waals surface area (Å²) in [6, 6.07) is 0. The molecule has 0 aromatic rings. The summed E-state index contributed by atoms with van der Waals surface area (Å²) in [6.45, 7) is 21.5. The molecule has 0 radical (unpaired) electrons. The fraction of sp³-hybridized carbons (Fsp3) is 0.500. The van der Waals surface area contributed by atoms with Gasteiger partial charge in [0, 0.05) is 5.57 Å². The maximum absolute atomic E-state index is 11.0. The van der Waals surface area contributed by atoms with Crippen LogP contribution in [0.3, 0.4) is 0 Å². The molecule has 0 aliphatic carbocycles. The number of rotatable bonds is 5. The normalized spacial score (nSPS) is 12.2. The average molecular weight is 343 g/mol. The number of hydrogen-bond acceptors (Lipinski definition) is 2. The zero-order valence-corrected chi connectivity index (χ0v) is 15.0. The van der Waals surface area contributed by atoms with Gasteiger partial charge in [0.25, 0.3) is 0 Å². The van der Waals surface area contributed by atoms with Crippen LogP contribution in [0, 0.1) is 33.6 Å². The molecule has 0 aliphatic heterocycles. The molecular weight excluding hydrogens is 319 g/mol. The first-order chi connectivity index (χ1) is 8.81. The van der Waals surface area contributed by atoms with Gasteiger partial charge >= 0.3 is 41.6 Å². The first kappa shape index (κ1) is 24.5. The van der Waals surface area contributed by atoms with Gasteiger partial charge in [-0.2, -0.15) is 5.92 Å². The van der Waals surface area contributed by atoms with Crippen molar-refractivity contribution in [3.63, 3.8) is 0 Å². The van der Waals surface area contributed by atoms with Crippen molar-refractivity contribution in [2.75, 3.05) is 0 Å². The van der Waals surface area contributed by atoms with Gasteiger partial charge in [-0.15, -0.1) is 0 Å². The molecule has 0 aromatic carbocycles. The second-order valence-electron chi connectivity index (χ2n) is 3.72. The summed E-state index contributed by atoms with van der Waals surface area (Å²) in [4.78, 5) is 11.0. The molecular formula is C14H24Cl2O2Ti. The Morgan fingerprint density at radius 2 is 1.68 bits per heavy atom. The number of esters is 1. The van der Waals surface area contributed by atoms with Crippen molar-refractivity contribution in [3.05, 3.63) is 39.8 Å². The molecule has 2 nitrogen and oxygen atoms in total. The predicted octanol–water partition coefficient (Wildman–Crippen LogP) is 4.98. The third-order valence-electron chi connectivity index (χ3n) is 1.93. The molecule has 0 rings (SSSR count). The fourth-order valence-electron chi connectivity index (χ4n) is 0.600. The Kier molecular flexibility index (Phi) is 23.9. The van der Waals surface area contributed by atoms with Gasteiger partial charge in [-0.05, 0) is 13.8 Å². The number of carbonyl (C=O) groups excluding carboxylic acids is 1. The molecule has 0 saturated heterocycles. The van der Waals surface area contributed by atoms with Crippen molar-refractivity contribution >= 4 is 24.6 Å². The van der Waals surface area contributed by atoms with E-state index in [-0.39, 0.29) is 18.0 Å². The van der Waals surface area contributed by atoms with E-state index in [0.29, 0.717) is 12.0 Å². The van der Waals surface area contributed by atoms with Gasteiger partial charge in [0.05, 0.1) is 6.10 Å². The van der Waals surface area contributed by atoms with Crippen LogP contribution < -0.4 is 0 Å². The summed E-state index contributed by atoms with van der Waals surface area (Å²) in [5.41, 5.74) is 0.415. The summed E-state index contributed by atoms with van der Waals surface area (Å²) in [5.74, 6) is -0.308. The number of halogens is 2. The van der Waals surface area contributed by atoms with Gasteiger partial charge in [0.15, 0.2) is 0 Å². The van der Waals surface area contributed by atoms with E-state index in [1.807, 2.05) is 6.92 Å². The quantitative estimate of drug-likeness (QED) is 0.305. The second-order valence-corrected chi connectivity index (χ2v) is 6.30. The van der Waals surface area contributed by atoms with Crippen molar-refractivity contribution in [2.45, 2.75) is 39.2 Å². The minimum atomic E-state index is -0.556. The summed E-state index contributed by atoms with van der Waals surface area (Å²) in [5, 5.41) is 0. The van der Waals surface area contributed by atoms with Crippen molar-refractivity contribution in [1.82, 2.24) is 0 Å². The Hall–Kier alpha value is 0.504. The van der Waals surface area contributed by atoms with Crippen molar-refractivity contribution in [1.29, 1.82) is 0 Å². The van der Waals surface area contributed by atoms with E-state index < -0.39 is 17.0 Å². The second kappa shape index (κ2) is 18.5. The van der Waals surface area contributed by atoms with Crippen LogP contribution in [-0.4, -0.2) is 12.1 Å². The van der Waals surface area contributed by atoms with Crippen LogP contribution in [0.1, 0.15) is 33.1 Å². The Labute approximate surface area is 135 Å². The van der Waals surface area contributed by atoms with Gasteiger partial charge in [-0.1, -0.05) is 6.58 Å². The van der Waals surface area contributed by atoms with E-state index >= 15 is 0 Å². The van der Waals surface area contributed by atoms with E-state index in [9.17, 15) is 4.79 Å². The third-order valence-corrected chi connectivity index (χ3v) is 1.93. The number of hydrogen-bond donors (Lipinski definition) is 0. The zero-order chi connectivity index (χ0) is 15.8. The molecule has 0 amide bonds. The monoisotopic (exact) mass is 342 g/mol. The number of ether oxygens (including phenoxy) is 1. The summed E-state index contributed by atoms with van der Waals surface area (Å²) in [6.07, 6.45) is 2.39. The molecule has 0 bridgehead atoms. The standard InChI is InChI=1S/C10H16O2.C4H8.2ClH.Ti/c1-6-8(4)9(5)12-10(11)7(2)3;1-3-4-2;;;/h8-9H,1-2,4,6H2,3,5H3;1-4H2;2*1H;/q2*-2;;;+6/p-2. The first-order valence-corrected chi connectivity index (χ1v) is 10.1. The summed E-state index contributed by atoms with van der Waals surface area (Å²) >= 11 is -0.556. The maximum atomic E-state index is 11.0. The van der Waals surface area contributed by atoms with Crippen molar-refractivity contribution < 1.29 is 26.6 Å². The molecule has 0 heterocycles. The van der Waals surface area contributed by atoms with E-state index in [1.54, 1.807) is 6.92 Å². The van der Waals surface area contributed by atoms with Crippen LogP contribution >= 0.6 is 18.6 Å². The molecule has 0 N–H and O–H groups in total. The minimum absolute atomic E-state index is 0.0494. The van der Waals surface area contributed by atoms with Crippen LogP contribution in [0.5, 0.6) is 0 Å². The Morgan fingerprint density at radius 3 is 1.89 bits per heavy atom. The fourth-order valence-corrected chi connectivity index (χ4v) is 0.600. The van der Waals surface area contributed by atoms with E-state index in [4.69, 9.17) is 23.3 Å². The molecule has 0 saturated carbocycles. The van der Waals surface area contributed by atoms with Gasteiger partial charge in [0.1, 0.15) is 0 Å². The van der Waals surface area contributed by atoms with Crippen molar-refractivity contribution in [3.8, 4) is 0 Å². The molecule has 0 fully saturated rings. The molecule has 2 atom stereocenters. The molecule has 0 spiro atoms. The summed E-state index contributed by atoms with van der Waals surface area (Å²) in [7, 11) is 9.78. The van der Waals surface area contributed by atoms with Gasteiger partial charge in [-0.25, -0.2) is 24.1 Å². The van der Waals surface area contributed by atoms with E-state index in [2.05, 4.69) is 34.3 Å². The van der Waals surface area contributed by atoms with Crippen LogP contribution in [0.2, 0.25) is 0 Å². The molecule has 110 valence electrons. The Morgan fingerprint density at radius 1 is 1.32 bits per heavy atom. The molecule has 0 aliphatic rings. The Balaban J connectivity index is -0.000000303. The van der Waals surface area contributed by atoms with E-state index in [0.717, 1.165) is 12.8 Å². The zero-order valence-electron chi connectivity index (χ0n) is 11.9. The SMILES string of the molecule is C=C(C)C(=O)OC(C)C([CH2-])C[CH2-].[CH2-]CC[CH2-].[Cl][Ti+4][Cl]. The van der Waals surface area contributed by atoms with Crippen LogP contribution in [-0.2, 0) is 26.6 Å². The predicted molar refractivity (Wildman–Crippen MR) is 80.8 cm³/mol. The van der Waals surface area contributed by atoms with Crippen LogP contribution in [0.4, 0.5) is 0 Å². The topological polar surface area (TPSA) is 26.3 Å². The molecule has 5 heteroatoms. The van der Waals surface area contributed by atoms with Crippen molar-refractivity contribution in [2.24, 2.45) is 5.92 Å². The molecule has 19 heavy (non-hydrogen) atoms. The van der Waals surface area contributed by atoms with Crippen LogP contribution in [0.15, 0.2) is 12.2 Å². The number of carbonyl (C=O) groups is 1.